The van der Waals surface area contributed by atoms with E-state index in [1.807, 2.05) is 13.8 Å². The first-order valence-corrected chi connectivity index (χ1v) is 10.9. The maximum Gasteiger partial charge on any atom is 0.305 e. The molecule has 1 saturated heterocycles. The molecule has 186 valence electrons. The molecule has 0 aromatic heterocycles. The Labute approximate surface area is 189 Å². The van der Waals surface area contributed by atoms with Crippen molar-refractivity contribution in [3.8, 4) is 0 Å². The fraction of sp³-hybridized carbons (Fsp3) is 0.857. The molecule has 0 saturated carbocycles. The summed E-state index contributed by atoms with van der Waals surface area (Å²) in [5.74, 6) is -1.71. The molecule has 5 atom stereocenters. The summed E-state index contributed by atoms with van der Waals surface area (Å²) in [6, 6.07) is -0.626. The van der Waals surface area contributed by atoms with E-state index >= 15 is 0 Å². The van der Waals surface area contributed by atoms with Crippen LogP contribution in [0.3, 0.4) is 0 Å². The number of amides is 1. The molecule has 0 radical (unpaired) electrons. The minimum atomic E-state index is -0.898. The Balaban J connectivity index is 2.34. The Morgan fingerprint density at radius 2 is 1.50 bits per heavy atom. The first-order chi connectivity index (χ1) is 15.3. The second-order valence-corrected chi connectivity index (χ2v) is 7.46. The van der Waals surface area contributed by atoms with Crippen molar-refractivity contribution < 1.29 is 47.9 Å². The monoisotopic (exact) mass is 463 g/mol. The second kappa shape index (κ2) is 15.9. The number of aliphatic carboxylic acids is 1. The number of nitrogens with one attached hydrogen (secondary N) is 1. The summed E-state index contributed by atoms with van der Waals surface area (Å²) in [7, 11) is 0. The van der Waals surface area contributed by atoms with Crippen LogP contribution in [0.25, 0.3) is 0 Å². The molecule has 0 aliphatic carbocycles. The van der Waals surface area contributed by atoms with E-state index in [0.717, 1.165) is 0 Å². The van der Waals surface area contributed by atoms with E-state index in [9.17, 15) is 14.4 Å². The van der Waals surface area contributed by atoms with Gasteiger partial charge in [-0.05, 0) is 6.42 Å². The van der Waals surface area contributed by atoms with Crippen LogP contribution in [-0.2, 0) is 42.8 Å². The zero-order valence-corrected chi connectivity index (χ0v) is 19.4. The first kappa shape index (κ1) is 28.2. The van der Waals surface area contributed by atoms with E-state index in [2.05, 4.69) is 5.32 Å². The number of esters is 1. The zero-order chi connectivity index (χ0) is 23.9. The molecule has 1 fully saturated rings. The molecule has 32 heavy (non-hydrogen) atoms. The highest BCUT2D eigenvalue weighted by molar-refractivity contribution is 5.73. The SMILES string of the molecule is CCC1OC(OCCOCCOCCOCCC(=O)O)C(NC(C)=O)C(OC(C)=O)C1C. The van der Waals surface area contributed by atoms with Crippen molar-refractivity contribution in [1.82, 2.24) is 5.32 Å². The molecule has 1 heterocycles. The van der Waals surface area contributed by atoms with Gasteiger partial charge in [0, 0.05) is 19.8 Å². The highest BCUT2D eigenvalue weighted by atomic mass is 16.7. The number of carboxylic acid groups (broad SMARTS) is 1. The van der Waals surface area contributed by atoms with Gasteiger partial charge in [0.05, 0.1) is 58.8 Å². The lowest BCUT2D eigenvalue weighted by Crippen LogP contribution is -2.62. The number of carbonyl (C=O) groups excluding carboxylic acids is 2. The minimum Gasteiger partial charge on any atom is -0.481 e. The largest absolute Gasteiger partial charge is 0.481 e. The van der Waals surface area contributed by atoms with E-state index in [1.165, 1.54) is 13.8 Å². The van der Waals surface area contributed by atoms with Crippen LogP contribution in [0.2, 0.25) is 0 Å². The predicted octanol–water partition coefficient (Wildman–Crippen LogP) is 0.735. The van der Waals surface area contributed by atoms with Gasteiger partial charge in [0.15, 0.2) is 6.29 Å². The normalized spacial score (nSPS) is 25.3. The summed E-state index contributed by atoms with van der Waals surface area (Å²) in [5.41, 5.74) is 0. The van der Waals surface area contributed by atoms with Gasteiger partial charge in [-0.3, -0.25) is 14.4 Å². The molecular formula is C21H37NO10. The smallest absolute Gasteiger partial charge is 0.305 e. The molecular weight excluding hydrogens is 426 g/mol. The van der Waals surface area contributed by atoms with Crippen molar-refractivity contribution in [2.24, 2.45) is 5.92 Å². The lowest BCUT2D eigenvalue weighted by atomic mass is 9.87. The average molecular weight is 464 g/mol. The highest BCUT2D eigenvalue weighted by Gasteiger charge is 2.46. The Morgan fingerprint density at radius 1 is 0.938 bits per heavy atom. The molecule has 1 aliphatic heterocycles. The number of carboxylic acids is 1. The second-order valence-electron chi connectivity index (χ2n) is 7.46. The van der Waals surface area contributed by atoms with Crippen molar-refractivity contribution in [2.45, 2.75) is 65.1 Å². The Kier molecular flexibility index (Phi) is 14.1. The Morgan fingerprint density at radius 3 is 2.00 bits per heavy atom. The van der Waals surface area contributed by atoms with Crippen LogP contribution in [0.5, 0.6) is 0 Å². The number of hydrogen-bond donors (Lipinski definition) is 2. The van der Waals surface area contributed by atoms with Gasteiger partial charge in [0.2, 0.25) is 5.91 Å². The van der Waals surface area contributed by atoms with Gasteiger partial charge in [-0.1, -0.05) is 13.8 Å². The van der Waals surface area contributed by atoms with Crippen LogP contribution >= 0.6 is 0 Å². The van der Waals surface area contributed by atoms with Crippen LogP contribution < -0.4 is 5.32 Å². The fourth-order valence-electron chi connectivity index (χ4n) is 3.37. The van der Waals surface area contributed by atoms with Gasteiger partial charge in [-0.15, -0.1) is 0 Å². The van der Waals surface area contributed by atoms with Crippen LogP contribution in [0.1, 0.15) is 40.5 Å². The third-order valence-electron chi connectivity index (χ3n) is 4.85. The summed E-state index contributed by atoms with van der Waals surface area (Å²) in [4.78, 5) is 33.6. The maximum absolute atomic E-state index is 11.7. The molecule has 5 unspecified atom stereocenters. The van der Waals surface area contributed by atoms with E-state index in [-0.39, 0.29) is 44.2 Å². The van der Waals surface area contributed by atoms with Gasteiger partial charge >= 0.3 is 11.9 Å². The van der Waals surface area contributed by atoms with E-state index in [1.54, 1.807) is 0 Å². The quantitative estimate of drug-likeness (QED) is 0.249. The van der Waals surface area contributed by atoms with Gasteiger partial charge < -0.3 is 38.8 Å². The standard InChI is InChI=1S/C21H37NO10/c1-5-17-14(2)20(31-16(4)24)19(22-15(3)23)21(32-17)30-13-12-29-11-10-28-9-8-27-7-6-18(25)26/h14,17,19-21H,5-13H2,1-4H3,(H,22,23)(H,25,26). The number of ether oxygens (including phenoxy) is 6. The summed E-state index contributed by atoms with van der Waals surface area (Å²) in [6.45, 7) is 8.67. The van der Waals surface area contributed by atoms with Crippen molar-refractivity contribution >= 4 is 17.8 Å². The van der Waals surface area contributed by atoms with Gasteiger partial charge in [0.1, 0.15) is 12.1 Å². The maximum atomic E-state index is 11.7. The summed E-state index contributed by atoms with van der Waals surface area (Å²) >= 11 is 0. The number of hydrogen-bond acceptors (Lipinski definition) is 9. The molecule has 1 rings (SSSR count). The zero-order valence-electron chi connectivity index (χ0n) is 19.4. The van der Waals surface area contributed by atoms with Gasteiger partial charge in [-0.25, -0.2) is 0 Å². The Hall–Kier alpha value is -1.79. The molecule has 0 bridgehead atoms. The van der Waals surface area contributed by atoms with Crippen molar-refractivity contribution in [2.75, 3.05) is 46.2 Å². The molecule has 0 aromatic carbocycles. The highest BCUT2D eigenvalue weighted by Crippen LogP contribution is 2.30. The molecule has 1 amide bonds. The molecule has 11 nitrogen and oxygen atoms in total. The van der Waals surface area contributed by atoms with Crippen molar-refractivity contribution in [1.29, 1.82) is 0 Å². The summed E-state index contributed by atoms with van der Waals surface area (Å²) in [5, 5.41) is 11.3. The Bertz CT molecular complexity index is 573. The van der Waals surface area contributed by atoms with Crippen LogP contribution in [0.4, 0.5) is 0 Å². The predicted molar refractivity (Wildman–Crippen MR) is 112 cm³/mol. The fourth-order valence-corrected chi connectivity index (χ4v) is 3.37. The molecule has 1 aliphatic rings. The third-order valence-corrected chi connectivity index (χ3v) is 4.85. The summed E-state index contributed by atoms with van der Waals surface area (Å²) in [6.07, 6.45) is -0.837. The molecule has 0 aromatic rings. The van der Waals surface area contributed by atoms with Crippen LogP contribution in [-0.4, -0.2) is 93.7 Å². The van der Waals surface area contributed by atoms with Crippen molar-refractivity contribution in [3.63, 3.8) is 0 Å². The average Bonchev–Trinajstić information content (AvgIpc) is 2.72. The van der Waals surface area contributed by atoms with Crippen LogP contribution in [0.15, 0.2) is 0 Å². The van der Waals surface area contributed by atoms with E-state index < -0.39 is 30.4 Å². The topological polar surface area (TPSA) is 139 Å². The van der Waals surface area contributed by atoms with E-state index in [4.69, 9.17) is 33.5 Å². The molecule has 11 heteroatoms. The van der Waals surface area contributed by atoms with Gasteiger partial charge in [0.25, 0.3) is 0 Å². The molecule has 2 N–H and O–H groups in total. The van der Waals surface area contributed by atoms with Crippen LogP contribution in [0, 0.1) is 5.92 Å². The lowest BCUT2D eigenvalue weighted by Gasteiger charge is -2.44. The number of rotatable bonds is 16. The molecule has 0 spiro atoms. The summed E-state index contributed by atoms with van der Waals surface area (Å²) < 4.78 is 33.2. The lowest BCUT2D eigenvalue weighted by molar-refractivity contribution is -0.255. The van der Waals surface area contributed by atoms with E-state index in [0.29, 0.717) is 32.8 Å². The minimum absolute atomic E-state index is 0.0316. The van der Waals surface area contributed by atoms with Gasteiger partial charge in [-0.2, -0.15) is 0 Å². The number of carbonyl (C=O) groups is 3. The third kappa shape index (κ3) is 11.2. The van der Waals surface area contributed by atoms with Crippen molar-refractivity contribution in [3.05, 3.63) is 0 Å². The first-order valence-electron chi connectivity index (χ1n) is 10.9.